The van der Waals surface area contributed by atoms with Gasteiger partial charge in [-0.25, -0.2) is 9.37 Å². The number of nitrogens with zero attached hydrogens (tertiary/aromatic N) is 1. The van der Waals surface area contributed by atoms with Crippen LogP contribution in [-0.4, -0.2) is 10.5 Å². The normalized spacial score (nSPS) is 11.7. The van der Waals surface area contributed by atoms with Gasteiger partial charge < -0.3 is 5.32 Å². The Morgan fingerprint density at radius 1 is 1.04 bits per heavy atom. The van der Waals surface area contributed by atoms with Gasteiger partial charge in [-0.3, -0.25) is 0 Å². The van der Waals surface area contributed by atoms with E-state index in [1.54, 1.807) is 6.07 Å². The predicted octanol–water partition coefficient (Wildman–Crippen LogP) is 5.90. The zero-order chi connectivity index (χ0) is 16.6. The molecule has 3 rings (SSSR count). The number of pyridine rings is 1. The lowest BCUT2D eigenvalue weighted by molar-refractivity contribution is 0.628. The number of nitrogens with one attached hydrogen (secondary N) is 1. The highest BCUT2D eigenvalue weighted by Gasteiger charge is 2.19. The summed E-state index contributed by atoms with van der Waals surface area (Å²) in [6.07, 6.45) is 0. The van der Waals surface area contributed by atoms with Crippen molar-refractivity contribution in [2.75, 3.05) is 5.32 Å². The van der Waals surface area contributed by atoms with Crippen molar-refractivity contribution in [3.8, 4) is 11.1 Å². The number of rotatable bonds is 2. The molecule has 1 heterocycles. The number of hydrogen-bond donors (Lipinski definition) is 1. The van der Waals surface area contributed by atoms with Gasteiger partial charge in [0.2, 0.25) is 0 Å². The van der Waals surface area contributed by atoms with E-state index in [4.69, 9.17) is 11.6 Å². The van der Waals surface area contributed by atoms with Crippen LogP contribution in [0.2, 0.25) is 5.02 Å². The lowest BCUT2D eigenvalue weighted by Gasteiger charge is -2.24. The first-order valence-electron chi connectivity index (χ1n) is 7.47. The maximum absolute atomic E-state index is 13.6. The number of benzene rings is 2. The van der Waals surface area contributed by atoms with Crippen molar-refractivity contribution in [3.05, 3.63) is 59.4 Å². The van der Waals surface area contributed by atoms with Crippen LogP contribution in [0.25, 0.3) is 22.0 Å². The second-order valence-corrected chi connectivity index (χ2v) is 6.93. The highest BCUT2D eigenvalue weighted by atomic mass is 35.5. The largest absolute Gasteiger partial charge is 0.365 e. The summed E-state index contributed by atoms with van der Waals surface area (Å²) < 4.78 is 13.6. The average Bonchev–Trinajstić information content (AvgIpc) is 2.48. The van der Waals surface area contributed by atoms with E-state index >= 15 is 0 Å². The molecule has 0 amide bonds. The molecule has 0 spiro atoms. The quantitative estimate of drug-likeness (QED) is 0.633. The van der Waals surface area contributed by atoms with Crippen molar-refractivity contribution >= 4 is 28.3 Å². The lowest BCUT2D eigenvalue weighted by atomic mass is 10.0. The summed E-state index contributed by atoms with van der Waals surface area (Å²) >= 11 is 6.64. The number of anilines is 1. The van der Waals surface area contributed by atoms with Gasteiger partial charge in [0, 0.05) is 16.5 Å². The smallest absolute Gasteiger partial charge is 0.136 e. The molecular weight excluding hydrogens is 311 g/mol. The van der Waals surface area contributed by atoms with E-state index < -0.39 is 0 Å². The molecule has 0 fully saturated rings. The van der Waals surface area contributed by atoms with Crippen molar-refractivity contribution in [2.45, 2.75) is 26.3 Å². The summed E-state index contributed by atoms with van der Waals surface area (Å²) in [5.41, 5.74) is 2.24. The fraction of sp³-hybridized carbons (Fsp3) is 0.211. The lowest BCUT2D eigenvalue weighted by Crippen LogP contribution is -2.27. The Hall–Kier alpha value is -2.13. The van der Waals surface area contributed by atoms with E-state index in [0.29, 0.717) is 21.7 Å². The van der Waals surface area contributed by atoms with Gasteiger partial charge in [0.15, 0.2) is 0 Å². The number of aromatic nitrogens is 1. The first-order chi connectivity index (χ1) is 10.8. The van der Waals surface area contributed by atoms with E-state index in [1.807, 2.05) is 30.3 Å². The van der Waals surface area contributed by atoms with Crippen LogP contribution in [0.15, 0.2) is 48.5 Å². The second-order valence-electron chi connectivity index (χ2n) is 6.55. The van der Waals surface area contributed by atoms with Crippen LogP contribution in [0.1, 0.15) is 20.8 Å². The van der Waals surface area contributed by atoms with Gasteiger partial charge >= 0.3 is 0 Å². The van der Waals surface area contributed by atoms with Crippen LogP contribution < -0.4 is 5.32 Å². The zero-order valence-electron chi connectivity index (χ0n) is 13.3. The topological polar surface area (TPSA) is 24.9 Å². The van der Waals surface area contributed by atoms with Crippen LogP contribution in [0.5, 0.6) is 0 Å². The van der Waals surface area contributed by atoms with Crippen LogP contribution in [0.3, 0.4) is 0 Å². The van der Waals surface area contributed by atoms with E-state index in [1.165, 1.54) is 12.1 Å². The third-order valence-electron chi connectivity index (χ3n) is 3.44. The van der Waals surface area contributed by atoms with Crippen LogP contribution >= 0.6 is 11.6 Å². The van der Waals surface area contributed by atoms with Gasteiger partial charge in [0.1, 0.15) is 11.6 Å². The fourth-order valence-corrected chi connectivity index (χ4v) is 2.86. The summed E-state index contributed by atoms with van der Waals surface area (Å²) in [6, 6.07) is 14.3. The van der Waals surface area contributed by atoms with Crippen LogP contribution in [0.4, 0.5) is 10.2 Å². The van der Waals surface area contributed by atoms with Crippen molar-refractivity contribution in [1.82, 2.24) is 4.98 Å². The van der Waals surface area contributed by atoms with E-state index in [2.05, 4.69) is 31.1 Å². The van der Waals surface area contributed by atoms with Gasteiger partial charge in [-0.2, -0.15) is 0 Å². The summed E-state index contributed by atoms with van der Waals surface area (Å²) in [4.78, 5) is 4.68. The van der Waals surface area contributed by atoms with E-state index in [9.17, 15) is 4.39 Å². The monoisotopic (exact) mass is 328 g/mol. The highest BCUT2D eigenvalue weighted by molar-refractivity contribution is 6.38. The Kier molecular flexibility index (Phi) is 3.99. The first kappa shape index (κ1) is 15.8. The predicted molar refractivity (Wildman–Crippen MR) is 95.5 cm³/mol. The molecule has 3 aromatic rings. The molecule has 118 valence electrons. The minimum atomic E-state index is -0.322. The number of halogens is 2. The van der Waals surface area contributed by atoms with Crippen LogP contribution in [-0.2, 0) is 0 Å². The Morgan fingerprint density at radius 2 is 1.74 bits per heavy atom. The molecule has 0 saturated carbocycles. The molecule has 1 N–H and O–H groups in total. The Labute approximate surface area is 140 Å². The second kappa shape index (κ2) is 5.82. The SMILES string of the molecule is CC(C)(C)Nc1nc2ccc(F)cc2c(Cl)c1-c1ccccc1. The zero-order valence-corrected chi connectivity index (χ0v) is 14.1. The number of fused-ring (bicyclic) bond motifs is 1. The Bertz CT molecular complexity index is 855. The maximum Gasteiger partial charge on any atom is 0.136 e. The molecule has 2 aromatic carbocycles. The summed E-state index contributed by atoms with van der Waals surface area (Å²) in [5.74, 6) is 0.379. The van der Waals surface area contributed by atoms with Crippen LogP contribution in [0, 0.1) is 5.82 Å². The van der Waals surface area contributed by atoms with Crippen molar-refractivity contribution in [1.29, 1.82) is 0 Å². The summed E-state index contributed by atoms with van der Waals surface area (Å²) in [7, 11) is 0. The molecule has 0 bridgehead atoms. The van der Waals surface area contributed by atoms with Gasteiger partial charge in [0.25, 0.3) is 0 Å². The Morgan fingerprint density at radius 3 is 2.39 bits per heavy atom. The van der Waals surface area contributed by atoms with Gasteiger partial charge in [0.05, 0.1) is 10.5 Å². The molecule has 2 nitrogen and oxygen atoms in total. The third-order valence-corrected chi connectivity index (χ3v) is 3.83. The molecule has 0 aliphatic carbocycles. The molecule has 0 unspecified atom stereocenters. The minimum absolute atomic E-state index is 0.173. The molecule has 0 aliphatic rings. The van der Waals surface area contributed by atoms with Crippen molar-refractivity contribution in [3.63, 3.8) is 0 Å². The fourth-order valence-electron chi connectivity index (χ4n) is 2.51. The molecule has 0 aliphatic heterocycles. The minimum Gasteiger partial charge on any atom is -0.365 e. The van der Waals surface area contributed by atoms with E-state index in [0.717, 1.165) is 11.1 Å². The molecule has 23 heavy (non-hydrogen) atoms. The molecule has 1 aromatic heterocycles. The maximum atomic E-state index is 13.6. The average molecular weight is 329 g/mol. The standard InChI is InChI=1S/C19H18ClFN2/c1-19(2,3)23-18-16(12-7-5-4-6-8-12)17(20)14-11-13(21)9-10-15(14)22-18/h4-11H,1-3H3,(H,22,23). The molecule has 0 saturated heterocycles. The summed E-state index contributed by atoms with van der Waals surface area (Å²) in [5, 5.41) is 4.53. The highest BCUT2D eigenvalue weighted by Crippen LogP contribution is 2.39. The molecule has 0 radical (unpaired) electrons. The van der Waals surface area contributed by atoms with E-state index in [-0.39, 0.29) is 11.4 Å². The molecule has 4 heteroatoms. The van der Waals surface area contributed by atoms with Gasteiger partial charge in [-0.15, -0.1) is 0 Å². The van der Waals surface area contributed by atoms with Gasteiger partial charge in [-0.05, 0) is 44.5 Å². The van der Waals surface area contributed by atoms with Crippen molar-refractivity contribution in [2.24, 2.45) is 0 Å². The molecular formula is C19H18ClFN2. The summed E-state index contributed by atoms with van der Waals surface area (Å²) in [6.45, 7) is 6.19. The first-order valence-corrected chi connectivity index (χ1v) is 7.85. The van der Waals surface area contributed by atoms with Crippen molar-refractivity contribution < 1.29 is 4.39 Å². The third kappa shape index (κ3) is 3.30. The Balaban J connectivity index is 2.33. The number of hydrogen-bond acceptors (Lipinski definition) is 2. The molecule has 0 atom stereocenters. The van der Waals surface area contributed by atoms with Gasteiger partial charge in [-0.1, -0.05) is 41.9 Å².